The van der Waals surface area contributed by atoms with Crippen molar-refractivity contribution in [2.45, 2.75) is 39.7 Å². The van der Waals surface area contributed by atoms with Gasteiger partial charge < -0.3 is 5.11 Å². The minimum absolute atomic E-state index is 0.109. The second-order valence-corrected chi connectivity index (χ2v) is 3.71. The summed E-state index contributed by atoms with van der Waals surface area (Å²) < 4.78 is 0. The van der Waals surface area contributed by atoms with Gasteiger partial charge in [0, 0.05) is 0 Å². The van der Waals surface area contributed by atoms with Crippen LogP contribution in [0.15, 0.2) is 11.6 Å². The van der Waals surface area contributed by atoms with Gasteiger partial charge in [0.1, 0.15) is 5.60 Å². The summed E-state index contributed by atoms with van der Waals surface area (Å²) in [7, 11) is 0. The molecule has 1 heteroatoms. The Balaban J connectivity index is 4.16. The molecule has 12 heavy (non-hydrogen) atoms. The van der Waals surface area contributed by atoms with Gasteiger partial charge in [0.15, 0.2) is 0 Å². The van der Waals surface area contributed by atoms with Crippen molar-refractivity contribution in [2.24, 2.45) is 5.92 Å². The molecule has 1 N–H and O–H groups in total. The first-order chi connectivity index (χ1) is 5.40. The summed E-state index contributed by atoms with van der Waals surface area (Å²) in [5.74, 6) is 2.50. The molecule has 0 heterocycles. The molecule has 0 saturated carbocycles. The van der Waals surface area contributed by atoms with E-state index in [0.717, 1.165) is 6.42 Å². The van der Waals surface area contributed by atoms with Gasteiger partial charge in [0.25, 0.3) is 0 Å². The van der Waals surface area contributed by atoms with Crippen molar-refractivity contribution in [3.63, 3.8) is 0 Å². The van der Waals surface area contributed by atoms with E-state index < -0.39 is 5.60 Å². The molecule has 1 nitrogen and oxygen atoms in total. The minimum Gasteiger partial charge on any atom is -0.378 e. The molecule has 0 aliphatic carbocycles. The van der Waals surface area contributed by atoms with Gasteiger partial charge in [-0.3, -0.25) is 0 Å². The fourth-order valence-corrected chi connectivity index (χ4v) is 0.784. The highest BCUT2D eigenvalue weighted by molar-refractivity contribution is 5.08. The van der Waals surface area contributed by atoms with Crippen LogP contribution < -0.4 is 0 Å². The predicted octanol–water partition coefficient (Wildman–Crippen LogP) is 2.36. The average molecular weight is 166 g/mol. The minimum atomic E-state index is -0.980. The number of aliphatic hydroxyl groups is 1. The van der Waals surface area contributed by atoms with Crippen LogP contribution in [0, 0.1) is 18.3 Å². The zero-order valence-corrected chi connectivity index (χ0v) is 8.39. The van der Waals surface area contributed by atoms with Gasteiger partial charge in [-0.25, -0.2) is 0 Å². The summed E-state index contributed by atoms with van der Waals surface area (Å²) in [6.45, 7) is 7.71. The Morgan fingerprint density at radius 3 is 2.50 bits per heavy atom. The van der Waals surface area contributed by atoms with Gasteiger partial charge in [0.05, 0.1) is 0 Å². The van der Waals surface area contributed by atoms with Crippen LogP contribution in [0.4, 0.5) is 0 Å². The van der Waals surface area contributed by atoms with Crippen LogP contribution in [0.25, 0.3) is 0 Å². The van der Waals surface area contributed by atoms with Crippen LogP contribution in [0.5, 0.6) is 0 Å². The largest absolute Gasteiger partial charge is 0.378 e. The molecule has 0 bridgehead atoms. The number of rotatable bonds is 3. The summed E-state index contributed by atoms with van der Waals surface area (Å²) in [6, 6.07) is 0. The SMILES string of the molecule is C#CC(C)(O)C(C)CC=C(C)C. The molecule has 0 rings (SSSR count). The Labute approximate surface area is 75.5 Å². The van der Waals surface area contributed by atoms with Gasteiger partial charge in [-0.05, 0) is 33.1 Å². The molecule has 2 unspecified atom stereocenters. The van der Waals surface area contributed by atoms with E-state index in [1.807, 2.05) is 20.8 Å². The summed E-state index contributed by atoms with van der Waals surface area (Å²) in [5, 5.41) is 9.64. The fraction of sp³-hybridized carbons (Fsp3) is 0.636. The van der Waals surface area contributed by atoms with Gasteiger partial charge in [-0.1, -0.05) is 24.5 Å². The van der Waals surface area contributed by atoms with Crippen LogP contribution in [0.1, 0.15) is 34.1 Å². The molecule has 2 atom stereocenters. The van der Waals surface area contributed by atoms with Crippen LogP contribution in [-0.2, 0) is 0 Å². The normalized spacial score (nSPS) is 17.3. The summed E-state index contributed by atoms with van der Waals surface area (Å²) in [4.78, 5) is 0. The van der Waals surface area contributed by atoms with Crippen LogP contribution >= 0.6 is 0 Å². The number of hydrogen-bond donors (Lipinski definition) is 1. The Bertz CT molecular complexity index is 202. The van der Waals surface area contributed by atoms with Crippen molar-refractivity contribution in [3.05, 3.63) is 11.6 Å². The Morgan fingerprint density at radius 1 is 1.67 bits per heavy atom. The lowest BCUT2D eigenvalue weighted by molar-refractivity contribution is 0.0657. The van der Waals surface area contributed by atoms with E-state index in [9.17, 15) is 5.11 Å². The first-order valence-corrected chi connectivity index (χ1v) is 4.23. The third kappa shape index (κ3) is 3.59. The Hall–Kier alpha value is -0.740. The summed E-state index contributed by atoms with van der Waals surface area (Å²) in [6.07, 6.45) is 8.12. The van der Waals surface area contributed by atoms with E-state index in [1.54, 1.807) is 6.92 Å². The standard InChI is InChI=1S/C11H18O/c1-6-11(5,12)10(4)8-7-9(2)3/h1,7,10,12H,8H2,2-5H3. The third-order valence-corrected chi connectivity index (χ3v) is 2.13. The molecule has 68 valence electrons. The van der Waals surface area contributed by atoms with E-state index in [-0.39, 0.29) is 5.92 Å². The zero-order valence-electron chi connectivity index (χ0n) is 8.39. The lowest BCUT2D eigenvalue weighted by Gasteiger charge is -2.23. The predicted molar refractivity (Wildman–Crippen MR) is 52.7 cm³/mol. The molecule has 0 fully saturated rings. The first-order valence-electron chi connectivity index (χ1n) is 4.23. The van der Waals surface area contributed by atoms with E-state index in [4.69, 9.17) is 6.42 Å². The lowest BCUT2D eigenvalue weighted by Crippen LogP contribution is -2.30. The third-order valence-electron chi connectivity index (χ3n) is 2.13. The van der Waals surface area contributed by atoms with Gasteiger partial charge in [0.2, 0.25) is 0 Å². The molecule has 0 radical (unpaired) electrons. The van der Waals surface area contributed by atoms with Gasteiger partial charge in [-0.15, -0.1) is 6.42 Å². The highest BCUT2D eigenvalue weighted by Crippen LogP contribution is 2.20. The molecule has 0 aromatic carbocycles. The monoisotopic (exact) mass is 166 g/mol. The smallest absolute Gasteiger partial charge is 0.125 e. The second-order valence-electron chi connectivity index (χ2n) is 3.71. The quantitative estimate of drug-likeness (QED) is 0.504. The van der Waals surface area contributed by atoms with Crippen molar-refractivity contribution in [2.75, 3.05) is 0 Å². The van der Waals surface area contributed by atoms with Gasteiger partial charge >= 0.3 is 0 Å². The maximum atomic E-state index is 9.64. The van der Waals surface area contributed by atoms with Crippen molar-refractivity contribution in [1.82, 2.24) is 0 Å². The lowest BCUT2D eigenvalue weighted by atomic mass is 9.88. The highest BCUT2D eigenvalue weighted by atomic mass is 16.3. The van der Waals surface area contributed by atoms with E-state index >= 15 is 0 Å². The van der Waals surface area contributed by atoms with E-state index in [2.05, 4.69) is 12.0 Å². The van der Waals surface area contributed by atoms with Crippen LogP contribution in [-0.4, -0.2) is 10.7 Å². The summed E-state index contributed by atoms with van der Waals surface area (Å²) >= 11 is 0. The zero-order chi connectivity index (χ0) is 9.78. The Kier molecular flexibility index (Phi) is 4.06. The van der Waals surface area contributed by atoms with Crippen molar-refractivity contribution in [1.29, 1.82) is 0 Å². The maximum absolute atomic E-state index is 9.64. The average Bonchev–Trinajstić information content (AvgIpc) is 2.00. The fourth-order valence-electron chi connectivity index (χ4n) is 0.784. The Morgan fingerprint density at radius 2 is 2.17 bits per heavy atom. The first kappa shape index (κ1) is 11.3. The molecule has 0 amide bonds. The molecular formula is C11H18O. The van der Waals surface area contributed by atoms with E-state index in [0.29, 0.717) is 0 Å². The molecular weight excluding hydrogens is 148 g/mol. The van der Waals surface area contributed by atoms with Crippen molar-refractivity contribution < 1.29 is 5.11 Å². The van der Waals surface area contributed by atoms with E-state index in [1.165, 1.54) is 5.57 Å². The maximum Gasteiger partial charge on any atom is 0.125 e. The molecule has 0 aromatic heterocycles. The van der Waals surface area contributed by atoms with Gasteiger partial charge in [-0.2, -0.15) is 0 Å². The molecule has 0 aliphatic rings. The second kappa shape index (κ2) is 4.33. The van der Waals surface area contributed by atoms with Crippen molar-refractivity contribution >= 4 is 0 Å². The topological polar surface area (TPSA) is 20.2 Å². The van der Waals surface area contributed by atoms with Crippen LogP contribution in [0.2, 0.25) is 0 Å². The highest BCUT2D eigenvalue weighted by Gasteiger charge is 2.24. The molecule has 0 aromatic rings. The molecule has 0 saturated heterocycles. The molecule has 0 aliphatic heterocycles. The number of hydrogen-bond acceptors (Lipinski definition) is 1. The van der Waals surface area contributed by atoms with Crippen molar-refractivity contribution in [3.8, 4) is 12.3 Å². The molecule has 0 spiro atoms. The summed E-state index contributed by atoms with van der Waals surface area (Å²) in [5.41, 5.74) is 0.279. The number of allylic oxidation sites excluding steroid dienone is 2. The van der Waals surface area contributed by atoms with Crippen LogP contribution in [0.3, 0.4) is 0 Å². The number of terminal acetylenes is 1.